The van der Waals surface area contributed by atoms with Gasteiger partial charge in [-0.15, -0.1) is 0 Å². The van der Waals surface area contributed by atoms with E-state index in [1.54, 1.807) is 11.8 Å². The SMILES string of the molecule is CNC(c1cnn(C)c1)c1ccc(C)cc1OC. The topological polar surface area (TPSA) is 39.1 Å². The fourth-order valence-corrected chi connectivity index (χ4v) is 2.15. The number of aromatic nitrogens is 2. The Hall–Kier alpha value is -1.81. The van der Waals surface area contributed by atoms with Crippen molar-refractivity contribution >= 4 is 0 Å². The van der Waals surface area contributed by atoms with Gasteiger partial charge in [-0.25, -0.2) is 0 Å². The Balaban J connectivity index is 2.44. The van der Waals surface area contributed by atoms with Crippen LogP contribution in [0.4, 0.5) is 0 Å². The average molecular weight is 245 g/mol. The molecule has 0 saturated heterocycles. The minimum absolute atomic E-state index is 0.0919. The number of methoxy groups -OCH3 is 1. The van der Waals surface area contributed by atoms with Crippen molar-refractivity contribution < 1.29 is 4.74 Å². The van der Waals surface area contributed by atoms with Crippen LogP contribution in [0.1, 0.15) is 22.7 Å². The van der Waals surface area contributed by atoms with Gasteiger partial charge in [-0.3, -0.25) is 4.68 Å². The predicted molar refractivity (Wildman–Crippen MR) is 71.8 cm³/mol. The molecule has 0 fully saturated rings. The fourth-order valence-electron chi connectivity index (χ4n) is 2.15. The second-order valence-corrected chi connectivity index (χ2v) is 4.41. The maximum absolute atomic E-state index is 5.47. The second kappa shape index (κ2) is 5.23. The van der Waals surface area contributed by atoms with E-state index in [4.69, 9.17) is 4.74 Å². The van der Waals surface area contributed by atoms with Crippen LogP contribution in [0, 0.1) is 6.92 Å². The molecule has 1 unspecified atom stereocenters. The Morgan fingerprint density at radius 2 is 2.17 bits per heavy atom. The molecule has 0 radical (unpaired) electrons. The smallest absolute Gasteiger partial charge is 0.124 e. The van der Waals surface area contributed by atoms with Crippen LogP contribution in [0.25, 0.3) is 0 Å². The first-order valence-electron chi connectivity index (χ1n) is 5.96. The monoisotopic (exact) mass is 245 g/mol. The lowest BCUT2D eigenvalue weighted by atomic mass is 9.99. The summed E-state index contributed by atoms with van der Waals surface area (Å²) in [4.78, 5) is 0. The zero-order valence-corrected chi connectivity index (χ0v) is 11.3. The van der Waals surface area contributed by atoms with Gasteiger partial charge in [0.1, 0.15) is 5.75 Å². The Kier molecular flexibility index (Phi) is 3.67. The number of nitrogens with zero attached hydrogens (tertiary/aromatic N) is 2. The van der Waals surface area contributed by atoms with E-state index >= 15 is 0 Å². The highest BCUT2D eigenvalue weighted by Crippen LogP contribution is 2.30. The predicted octanol–water partition coefficient (Wildman–Crippen LogP) is 2.05. The lowest BCUT2D eigenvalue weighted by molar-refractivity contribution is 0.405. The van der Waals surface area contributed by atoms with Gasteiger partial charge in [0, 0.05) is 24.4 Å². The highest BCUT2D eigenvalue weighted by atomic mass is 16.5. The Bertz CT molecular complexity index is 534. The maximum Gasteiger partial charge on any atom is 0.124 e. The van der Waals surface area contributed by atoms with Gasteiger partial charge in [-0.2, -0.15) is 5.10 Å². The largest absolute Gasteiger partial charge is 0.496 e. The van der Waals surface area contributed by atoms with Crippen LogP contribution in [0.2, 0.25) is 0 Å². The van der Waals surface area contributed by atoms with Crippen molar-refractivity contribution in [2.24, 2.45) is 7.05 Å². The summed E-state index contributed by atoms with van der Waals surface area (Å²) >= 11 is 0. The first-order valence-corrected chi connectivity index (χ1v) is 5.96. The summed E-state index contributed by atoms with van der Waals surface area (Å²) in [6, 6.07) is 6.34. The van der Waals surface area contributed by atoms with E-state index < -0.39 is 0 Å². The molecule has 1 aromatic heterocycles. The third-order valence-corrected chi connectivity index (χ3v) is 3.05. The molecule has 0 aliphatic rings. The van der Waals surface area contributed by atoms with Crippen molar-refractivity contribution in [2.45, 2.75) is 13.0 Å². The van der Waals surface area contributed by atoms with Gasteiger partial charge >= 0.3 is 0 Å². The summed E-state index contributed by atoms with van der Waals surface area (Å²) in [6.07, 6.45) is 3.89. The molecule has 4 nitrogen and oxygen atoms in total. The number of nitrogens with one attached hydrogen (secondary N) is 1. The molecule has 0 bridgehead atoms. The summed E-state index contributed by atoms with van der Waals surface area (Å²) in [5, 5.41) is 7.53. The maximum atomic E-state index is 5.47. The van der Waals surface area contributed by atoms with Gasteiger partial charge in [0.05, 0.1) is 19.3 Å². The van der Waals surface area contributed by atoms with Gasteiger partial charge < -0.3 is 10.1 Å². The van der Waals surface area contributed by atoms with Gasteiger partial charge in [0.15, 0.2) is 0 Å². The highest BCUT2D eigenvalue weighted by molar-refractivity contribution is 5.43. The molecule has 1 aromatic carbocycles. The molecule has 2 aromatic rings. The molecule has 4 heteroatoms. The van der Waals surface area contributed by atoms with Crippen molar-refractivity contribution in [3.05, 3.63) is 47.3 Å². The molecule has 0 spiro atoms. The Morgan fingerprint density at radius 3 is 2.72 bits per heavy atom. The quantitative estimate of drug-likeness (QED) is 0.896. The molecule has 0 amide bonds. The average Bonchev–Trinajstić information content (AvgIpc) is 2.78. The number of ether oxygens (including phenoxy) is 1. The molecule has 2 rings (SSSR count). The summed E-state index contributed by atoms with van der Waals surface area (Å²) < 4.78 is 7.28. The summed E-state index contributed by atoms with van der Waals surface area (Å²) in [6.45, 7) is 2.06. The van der Waals surface area contributed by atoms with Gasteiger partial charge in [-0.05, 0) is 25.6 Å². The minimum Gasteiger partial charge on any atom is -0.496 e. The van der Waals surface area contributed by atoms with Crippen molar-refractivity contribution in [1.29, 1.82) is 0 Å². The molecule has 0 saturated carbocycles. The summed E-state index contributed by atoms with van der Waals surface area (Å²) in [7, 11) is 5.56. The van der Waals surface area contributed by atoms with E-state index in [1.807, 2.05) is 26.5 Å². The molecule has 0 aliphatic heterocycles. The van der Waals surface area contributed by atoms with Crippen molar-refractivity contribution in [3.8, 4) is 5.75 Å². The molecule has 1 atom stereocenters. The first-order chi connectivity index (χ1) is 8.65. The minimum atomic E-state index is 0.0919. The lowest BCUT2D eigenvalue weighted by Crippen LogP contribution is -2.18. The van der Waals surface area contributed by atoms with Crippen LogP contribution in [0.15, 0.2) is 30.6 Å². The highest BCUT2D eigenvalue weighted by Gasteiger charge is 2.17. The zero-order chi connectivity index (χ0) is 13.1. The van der Waals surface area contributed by atoms with Gasteiger partial charge in [0.2, 0.25) is 0 Å². The molecule has 1 N–H and O–H groups in total. The molecule has 0 aliphatic carbocycles. The summed E-state index contributed by atoms with van der Waals surface area (Å²) in [5.41, 5.74) is 3.44. The van der Waals surface area contributed by atoms with E-state index in [2.05, 4.69) is 35.5 Å². The van der Waals surface area contributed by atoms with Crippen LogP contribution < -0.4 is 10.1 Å². The molecular weight excluding hydrogens is 226 g/mol. The van der Waals surface area contributed by atoms with E-state index in [9.17, 15) is 0 Å². The normalized spacial score (nSPS) is 12.4. The number of benzene rings is 1. The van der Waals surface area contributed by atoms with Crippen LogP contribution in [-0.2, 0) is 7.05 Å². The van der Waals surface area contributed by atoms with E-state index in [0.717, 1.165) is 16.9 Å². The number of hydrogen-bond acceptors (Lipinski definition) is 3. The van der Waals surface area contributed by atoms with Crippen LogP contribution >= 0.6 is 0 Å². The standard InChI is InChI=1S/C14H19N3O/c1-10-5-6-12(13(7-10)18-4)14(15-2)11-8-16-17(3)9-11/h5-9,14-15H,1-4H3. The van der Waals surface area contributed by atoms with E-state index in [0.29, 0.717) is 0 Å². The molecular formula is C14H19N3O. The molecule has 96 valence electrons. The van der Waals surface area contributed by atoms with Crippen molar-refractivity contribution in [1.82, 2.24) is 15.1 Å². The number of rotatable bonds is 4. The Morgan fingerprint density at radius 1 is 1.39 bits per heavy atom. The zero-order valence-electron chi connectivity index (χ0n) is 11.3. The summed E-state index contributed by atoms with van der Waals surface area (Å²) in [5.74, 6) is 0.901. The van der Waals surface area contributed by atoms with Crippen LogP contribution in [0.5, 0.6) is 5.75 Å². The van der Waals surface area contributed by atoms with Crippen LogP contribution in [0.3, 0.4) is 0 Å². The van der Waals surface area contributed by atoms with Crippen LogP contribution in [-0.4, -0.2) is 23.9 Å². The van der Waals surface area contributed by atoms with Crippen molar-refractivity contribution in [3.63, 3.8) is 0 Å². The molecule has 18 heavy (non-hydrogen) atoms. The van der Waals surface area contributed by atoms with Gasteiger partial charge in [0.25, 0.3) is 0 Å². The second-order valence-electron chi connectivity index (χ2n) is 4.41. The first kappa shape index (κ1) is 12.6. The lowest BCUT2D eigenvalue weighted by Gasteiger charge is -2.18. The number of aryl methyl sites for hydroxylation is 2. The third kappa shape index (κ3) is 2.38. The molecule has 1 heterocycles. The van der Waals surface area contributed by atoms with Crippen molar-refractivity contribution in [2.75, 3.05) is 14.2 Å². The fraction of sp³-hybridized carbons (Fsp3) is 0.357. The van der Waals surface area contributed by atoms with E-state index in [1.165, 1.54) is 5.56 Å². The Labute approximate surface area is 108 Å². The number of hydrogen-bond donors (Lipinski definition) is 1. The van der Waals surface area contributed by atoms with Gasteiger partial charge in [-0.1, -0.05) is 12.1 Å². The van der Waals surface area contributed by atoms with E-state index in [-0.39, 0.29) is 6.04 Å². The third-order valence-electron chi connectivity index (χ3n) is 3.05.